The van der Waals surface area contributed by atoms with Crippen molar-refractivity contribution in [2.24, 2.45) is 0 Å². The third-order valence-electron chi connectivity index (χ3n) is 4.16. The van der Waals surface area contributed by atoms with E-state index in [1.807, 2.05) is 0 Å². The Morgan fingerprint density at radius 2 is 1.73 bits per heavy atom. The van der Waals surface area contributed by atoms with Gasteiger partial charge in [-0.1, -0.05) is 0 Å². The number of ether oxygens (including phenoxy) is 2. The normalized spacial score (nSPS) is 11.6. The first-order valence-electron chi connectivity index (χ1n) is 8.33. The fourth-order valence-electron chi connectivity index (χ4n) is 2.61. The number of unbranched alkanes of at least 4 members (excludes halogenated alkanes) is 1. The van der Waals surface area contributed by atoms with Crippen LogP contribution in [0, 0.1) is 10.1 Å². The Bertz CT molecular complexity index is 576. The molecule has 0 unspecified atom stereocenters. The number of nitrogens with zero attached hydrogens (tertiary/aromatic N) is 1. The van der Waals surface area contributed by atoms with E-state index in [9.17, 15) is 10.1 Å². The van der Waals surface area contributed by atoms with Crippen molar-refractivity contribution in [2.45, 2.75) is 32.4 Å². The molecule has 0 aliphatic heterocycles. The summed E-state index contributed by atoms with van der Waals surface area (Å²) >= 11 is 0. The van der Waals surface area contributed by atoms with Gasteiger partial charge < -0.3 is 13.3 Å². The third kappa shape index (κ3) is 5.50. The van der Waals surface area contributed by atoms with Crippen LogP contribution in [-0.2, 0) is 31.5 Å². The maximum atomic E-state index is 11.3. The van der Waals surface area contributed by atoms with Crippen molar-refractivity contribution in [1.29, 1.82) is 0 Å². The summed E-state index contributed by atoms with van der Waals surface area (Å²) in [4.78, 5) is 11.0. The molecule has 0 bridgehead atoms. The van der Waals surface area contributed by atoms with Crippen molar-refractivity contribution < 1.29 is 27.7 Å². The topological polar surface area (TPSA) is 89.3 Å². The quantitative estimate of drug-likeness (QED) is 0.142. The summed E-state index contributed by atoms with van der Waals surface area (Å²) in [5, 5.41) is 11.3. The van der Waals surface area contributed by atoms with Crippen LogP contribution in [0.5, 0.6) is 5.75 Å². The molecule has 0 radical (unpaired) electrons. The molecule has 0 N–H and O–H groups in total. The maximum absolute atomic E-state index is 11.3. The van der Waals surface area contributed by atoms with Gasteiger partial charge in [0.25, 0.3) is 0 Å². The number of nitro benzene ring substituents is 1. The molecule has 0 aliphatic rings. The van der Waals surface area contributed by atoms with Crippen LogP contribution in [0.1, 0.15) is 24.0 Å². The molecule has 1 rings (SSSR count). The Morgan fingerprint density at radius 3 is 2.23 bits per heavy atom. The molecule has 8 nitrogen and oxygen atoms in total. The summed E-state index contributed by atoms with van der Waals surface area (Å²) in [6.45, 7) is 1.55. The van der Waals surface area contributed by atoms with Crippen molar-refractivity contribution in [3.8, 4) is 5.75 Å². The average Bonchev–Trinajstić information content (AvgIpc) is 2.67. The molecule has 0 aliphatic carbocycles. The van der Waals surface area contributed by atoms with E-state index in [0.29, 0.717) is 24.0 Å². The number of rotatable bonds is 13. The van der Waals surface area contributed by atoms with Gasteiger partial charge in [0.05, 0.1) is 0 Å². The monoisotopic (exact) mass is 639 g/mol. The van der Waals surface area contributed by atoms with Gasteiger partial charge in [0, 0.05) is 21.3 Å². The number of methoxy groups -OCH3 is 1. The molecular formula is C16H26NO7RfSi. The molecule has 143 valence electrons. The van der Waals surface area contributed by atoms with E-state index in [4.69, 9.17) is 22.8 Å². The summed E-state index contributed by atoms with van der Waals surface area (Å²) < 4.78 is 27.5. The zero-order valence-corrected chi connectivity index (χ0v) is 23.3. The van der Waals surface area contributed by atoms with Crippen LogP contribution in [0.3, 0.4) is 0 Å². The van der Waals surface area contributed by atoms with Crippen molar-refractivity contribution in [1.82, 2.24) is 0 Å². The van der Waals surface area contributed by atoms with E-state index in [0.717, 1.165) is 25.3 Å². The zero-order valence-electron chi connectivity index (χ0n) is 15.9. The van der Waals surface area contributed by atoms with Crippen LogP contribution >= 0.6 is 0 Å². The summed E-state index contributed by atoms with van der Waals surface area (Å²) in [6.07, 6.45) is 1.62. The van der Waals surface area contributed by atoms with Gasteiger partial charge in [0.15, 0.2) is 0 Å². The predicted molar refractivity (Wildman–Crippen MR) is 93.8 cm³/mol. The van der Waals surface area contributed by atoms with Crippen molar-refractivity contribution >= 4 is 14.5 Å². The fourth-order valence-corrected chi connectivity index (χ4v) is 6.17. The van der Waals surface area contributed by atoms with Gasteiger partial charge >= 0.3 is 114 Å². The molecule has 0 atom stereocenters. The van der Waals surface area contributed by atoms with E-state index in [1.54, 1.807) is 40.6 Å². The molecular weight excluding hydrogens is 613 g/mol. The number of benzene rings is 1. The van der Waals surface area contributed by atoms with Gasteiger partial charge in [0.1, 0.15) is 0 Å². The van der Waals surface area contributed by atoms with Crippen LogP contribution in [0.4, 0.5) is 5.69 Å². The van der Waals surface area contributed by atoms with Gasteiger partial charge in [-0.2, -0.15) is 0 Å². The molecule has 10 heteroatoms. The van der Waals surface area contributed by atoms with Gasteiger partial charge in [-0.15, -0.1) is 0 Å². The Labute approximate surface area is 149 Å². The van der Waals surface area contributed by atoms with Crippen LogP contribution in [0.15, 0.2) is 12.1 Å². The average molecular weight is 639 g/mol. The first-order chi connectivity index (χ1) is 12.5. The molecule has 0 heterocycles. The van der Waals surface area contributed by atoms with E-state index in [1.165, 1.54) is 0 Å². The predicted octanol–water partition coefficient (Wildman–Crippen LogP) is 2.83. The van der Waals surface area contributed by atoms with Crippen LogP contribution in [0.25, 0.3) is 0 Å². The third-order valence-corrected chi connectivity index (χ3v) is 9.43. The Kier molecular flexibility index (Phi) is 8.66. The SMILES string of the molecule is COc1cc(COCCCC[Si](OC)(OC)OC)c([N+](=O)[O-])cc1[CH2][Rf]. The first-order valence-corrected chi connectivity index (χ1v) is 14.8. The second kappa shape index (κ2) is 10.5. The molecule has 26 heavy (non-hydrogen) atoms. The fraction of sp³-hybridized carbons (Fsp3) is 0.625. The molecule has 0 aromatic heterocycles. The number of hydrogen-bond acceptors (Lipinski definition) is 7. The second-order valence-corrected chi connectivity index (χ2v) is 11.0. The molecule has 1 aromatic carbocycles. The van der Waals surface area contributed by atoms with Crippen molar-refractivity contribution in [2.75, 3.05) is 35.0 Å². The van der Waals surface area contributed by atoms with Crippen LogP contribution < -0.4 is 4.74 Å². The molecule has 0 fully saturated rings. The van der Waals surface area contributed by atoms with Crippen LogP contribution in [0.2, 0.25) is 6.04 Å². The van der Waals surface area contributed by atoms with E-state index in [-0.39, 0.29) is 17.2 Å². The van der Waals surface area contributed by atoms with Gasteiger partial charge in [-0.3, -0.25) is 0 Å². The van der Waals surface area contributed by atoms with Gasteiger partial charge in [0.2, 0.25) is 0 Å². The number of nitro groups is 1. The van der Waals surface area contributed by atoms with Gasteiger partial charge in [-0.25, -0.2) is 0 Å². The molecule has 0 saturated heterocycles. The van der Waals surface area contributed by atoms with Crippen LogP contribution in [-0.4, -0.2) is 48.8 Å². The van der Waals surface area contributed by atoms with Gasteiger partial charge in [-0.05, 0) is 0 Å². The molecule has 0 saturated carbocycles. The summed E-state index contributed by atoms with van der Waals surface area (Å²) in [5.74, 6) is 0.698. The Morgan fingerprint density at radius 1 is 1.08 bits per heavy atom. The number of hydrogen-bond donors (Lipinski definition) is 0. The van der Waals surface area contributed by atoms with Crippen molar-refractivity contribution in [3.05, 3.63) is 33.4 Å². The summed E-state index contributed by atoms with van der Waals surface area (Å²) in [5.41, 5.74) is 1.53. The zero-order chi connectivity index (χ0) is 19.6. The second-order valence-electron chi connectivity index (χ2n) is 5.60. The Hall–Kier alpha value is -2.52. The molecule has 0 amide bonds. The minimum absolute atomic E-state index is 0.0957. The van der Waals surface area contributed by atoms with E-state index < -0.39 is 8.80 Å². The molecule has 1 aromatic rings. The Balaban J connectivity index is 2.58. The van der Waals surface area contributed by atoms with Crippen molar-refractivity contribution in [3.63, 3.8) is 0 Å². The van der Waals surface area contributed by atoms with E-state index in [2.05, 4.69) is 0 Å². The van der Waals surface area contributed by atoms with E-state index >= 15 is 0 Å². The minimum atomic E-state index is -2.54. The summed E-state index contributed by atoms with van der Waals surface area (Å²) in [6, 6.07) is 4.04. The first kappa shape index (κ1) is 21.5. The molecule has 0 spiro atoms. The summed E-state index contributed by atoms with van der Waals surface area (Å²) in [7, 11) is 3.80. The standard InChI is InChI=1S/C16H26NO7Si.Rf/c1-13-10-15(17(18)19)14(11-16(13)20-2)12-24-8-6-7-9-25(21-3,22-4)23-5;/h10-11H,1,6-9,12H2,2-5H3;.